The third kappa shape index (κ3) is 3.19. The first-order valence-corrected chi connectivity index (χ1v) is 8.04. The van der Waals surface area contributed by atoms with Crippen LogP contribution in [0, 0.1) is 5.92 Å². The van der Waals surface area contributed by atoms with Gasteiger partial charge < -0.3 is 10.2 Å². The van der Waals surface area contributed by atoms with Crippen LogP contribution in [-0.2, 0) is 4.79 Å². The average molecular weight is 262 g/mol. The lowest BCUT2D eigenvalue weighted by molar-refractivity contribution is -0.139. The van der Waals surface area contributed by atoms with Gasteiger partial charge in [-0.2, -0.15) is 0 Å². The van der Waals surface area contributed by atoms with E-state index in [4.69, 9.17) is 0 Å². The first-order chi connectivity index (χ1) is 9.33. The molecule has 2 fully saturated rings. The summed E-state index contributed by atoms with van der Waals surface area (Å²) in [6.45, 7) is 1.92. The van der Waals surface area contributed by atoms with Crippen LogP contribution in [0.1, 0.15) is 51.4 Å². The number of carbonyl (C=O) groups is 1. The third-order valence-electron chi connectivity index (χ3n) is 4.97. The maximum absolute atomic E-state index is 12.2. The van der Waals surface area contributed by atoms with Crippen LogP contribution in [0.5, 0.6) is 0 Å². The first kappa shape index (κ1) is 13.2. The van der Waals surface area contributed by atoms with Crippen LogP contribution in [0.25, 0.3) is 0 Å². The zero-order chi connectivity index (χ0) is 13.1. The van der Waals surface area contributed by atoms with Gasteiger partial charge in [-0.25, -0.2) is 0 Å². The van der Waals surface area contributed by atoms with Gasteiger partial charge in [-0.1, -0.05) is 18.6 Å². The molecule has 0 aromatic heterocycles. The van der Waals surface area contributed by atoms with Crippen LogP contribution in [0.3, 0.4) is 0 Å². The second-order valence-corrected chi connectivity index (χ2v) is 6.36. The highest BCUT2D eigenvalue weighted by Gasteiger charge is 2.31. The molecular formula is C16H26N2O. The molecule has 1 unspecified atom stereocenters. The van der Waals surface area contributed by atoms with Crippen molar-refractivity contribution in [2.24, 2.45) is 5.92 Å². The van der Waals surface area contributed by atoms with Gasteiger partial charge in [-0.05, 0) is 44.9 Å². The summed E-state index contributed by atoms with van der Waals surface area (Å²) in [6.07, 6.45) is 14.2. The molecule has 106 valence electrons. The van der Waals surface area contributed by atoms with E-state index in [0.29, 0.717) is 23.9 Å². The minimum absolute atomic E-state index is 0.366. The van der Waals surface area contributed by atoms with Gasteiger partial charge >= 0.3 is 0 Å². The minimum Gasteiger partial charge on any atom is -0.342 e. The van der Waals surface area contributed by atoms with Gasteiger partial charge in [0.1, 0.15) is 0 Å². The van der Waals surface area contributed by atoms with Crippen LogP contribution in [0.15, 0.2) is 12.2 Å². The van der Waals surface area contributed by atoms with Crippen molar-refractivity contribution in [3.05, 3.63) is 12.2 Å². The molecule has 0 bridgehead atoms. The van der Waals surface area contributed by atoms with Gasteiger partial charge in [-0.3, -0.25) is 4.79 Å². The summed E-state index contributed by atoms with van der Waals surface area (Å²) in [7, 11) is 0. The quantitative estimate of drug-likeness (QED) is 0.793. The van der Waals surface area contributed by atoms with Crippen molar-refractivity contribution in [2.75, 3.05) is 13.1 Å². The summed E-state index contributed by atoms with van der Waals surface area (Å²) in [5, 5.41) is 3.75. The van der Waals surface area contributed by atoms with Crippen molar-refractivity contribution < 1.29 is 4.79 Å². The predicted molar refractivity (Wildman–Crippen MR) is 76.9 cm³/mol. The number of likely N-dealkylation sites (tertiary alicyclic amines) is 1. The standard InChI is InChI=1S/C16H26N2O/c19-16(13-5-4-6-13)18-11-9-15(10-12-18)17-14-7-2-1-3-8-14/h2,7,13-15,17H,1,3-6,8-12H2. The van der Waals surface area contributed by atoms with Crippen molar-refractivity contribution in [3.63, 3.8) is 0 Å². The number of hydrogen-bond donors (Lipinski definition) is 1. The smallest absolute Gasteiger partial charge is 0.225 e. The first-order valence-electron chi connectivity index (χ1n) is 8.04. The lowest BCUT2D eigenvalue weighted by Gasteiger charge is -2.38. The molecule has 3 heteroatoms. The zero-order valence-corrected chi connectivity index (χ0v) is 11.8. The number of carbonyl (C=O) groups excluding carboxylic acids is 1. The highest BCUT2D eigenvalue weighted by molar-refractivity contribution is 5.79. The molecular weight excluding hydrogens is 236 g/mol. The van der Waals surface area contributed by atoms with E-state index in [1.54, 1.807) is 0 Å². The average Bonchev–Trinajstić information content (AvgIpc) is 2.39. The molecule has 3 nitrogen and oxygen atoms in total. The van der Waals surface area contributed by atoms with E-state index < -0.39 is 0 Å². The maximum Gasteiger partial charge on any atom is 0.225 e. The van der Waals surface area contributed by atoms with Crippen LogP contribution in [0.2, 0.25) is 0 Å². The summed E-state index contributed by atoms with van der Waals surface area (Å²) in [5.41, 5.74) is 0. The molecule has 3 rings (SSSR count). The number of piperidine rings is 1. The van der Waals surface area contributed by atoms with Crippen molar-refractivity contribution >= 4 is 5.91 Å². The van der Waals surface area contributed by atoms with Crippen molar-refractivity contribution in [1.29, 1.82) is 0 Å². The Morgan fingerprint density at radius 1 is 1.05 bits per heavy atom. The third-order valence-corrected chi connectivity index (χ3v) is 4.97. The van der Waals surface area contributed by atoms with E-state index in [9.17, 15) is 4.79 Å². The molecule has 0 aromatic carbocycles. The number of nitrogens with zero attached hydrogens (tertiary/aromatic N) is 1. The molecule has 2 aliphatic carbocycles. The van der Waals surface area contributed by atoms with Gasteiger partial charge in [0.2, 0.25) is 5.91 Å². The van der Waals surface area contributed by atoms with E-state index in [1.165, 1.54) is 25.7 Å². The Balaban J connectivity index is 1.42. The second kappa shape index (κ2) is 6.08. The molecule has 0 aromatic rings. The van der Waals surface area contributed by atoms with E-state index in [1.807, 2.05) is 0 Å². The number of nitrogens with one attached hydrogen (secondary N) is 1. The predicted octanol–water partition coefficient (Wildman–Crippen LogP) is 2.48. The van der Waals surface area contributed by atoms with E-state index >= 15 is 0 Å². The van der Waals surface area contributed by atoms with Crippen molar-refractivity contribution in [1.82, 2.24) is 10.2 Å². The number of rotatable bonds is 3. The van der Waals surface area contributed by atoms with E-state index in [2.05, 4.69) is 22.4 Å². The second-order valence-electron chi connectivity index (χ2n) is 6.36. The number of allylic oxidation sites excluding steroid dienone is 1. The van der Waals surface area contributed by atoms with Gasteiger partial charge in [0.15, 0.2) is 0 Å². The monoisotopic (exact) mass is 262 g/mol. The summed E-state index contributed by atoms with van der Waals surface area (Å²) in [5.74, 6) is 0.799. The summed E-state index contributed by atoms with van der Waals surface area (Å²) in [4.78, 5) is 14.3. The highest BCUT2D eigenvalue weighted by Crippen LogP contribution is 2.29. The van der Waals surface area contributed by atoms with Crippen molar-refractivity contribution in [2.45, 2.75) is 63.5 Å². The molecule has 0 spiro atoms. The maximum atomic E-state index is 12.2. The molecule has 1 heterocycles. The largest absolute Gasteiger partial charge is 0.342 e. The fraction of sp³-hybridized carbons (Fsp3) is 0.812. The lowest BCUT2D eigenvalue weighted by atomic mass is 9.84. The van der Waals surface area contributed by atoms with E-state index in [-0.39, 0.29) is 0 Å². The Kier molecular flexibility index (Phi) is 4.21. The molecule has 1 aliphatic heterocycles. The minimum atomic E-state index is 0.366. The number of hydrogen-bond acceptors (Lipinski definition) is 2. The molecule has 19 heavy (non-hydrogen) atoms. The Morgan fingerprint density at radius 2 is 1.84 bits per heavy atom. The zero-order valence-electron chi connectivity index (χ0n) is 11.8. The summed E-state index contributed by atoms with van der Waals surface area (Å²) >= 11 is 0. The lowest BCUT2D eigenvalue weighted by Crippen LogP contribution is -2.49. The molecule has 1 amide bonds. The Morgan fingerprint density at radius 3 is 2.42 bits per heavy atom. The molecule has 1 N–H and O–H groups in total. The fourth-order valence-electron chi connectivity index (χ4n) is 3.43. The molecule has 1 saturated carbocycles. The molecule has 3 aliphatic rings. The van der Waals surface area contributed by atoms with Gasteiger partial charge in [-0.15, -0.1) is 0 Å². The van der Waals surface area contributed by atoms with Crippen LogP contribution < -0.4 is 5.32 Å². The summed E-state index contributed by atoms with van der Waals surface area (Å²) < 4.78 is 0. The molecule has 1 atom stereocenters. The van der Waals surface area contributed by atoms with Gasteiger partial charge in [0, 0.05) is 31.1 Å². The topological polar surface area (TPSA) is 32.3 Å². The SMILES string of the molecule is O=C(C1CCC1)N1CCC(NC2C=CCCC2)CC1. The van der Waals surface area contributed by atoms with Crippen LogP contribution in [-0.4, -0.2) is 36.0 Å². The summed E-state index contributed by atoms with van der Waals surface area (Å²) in [6, 6.07) is 1.19. The highest BCUT2D eigenvalue weighted by atomic mass is 16.2. The van der Waals surface area contributed by atoms with Crippen LogP contribution in [0.4, 0.5) is 0 Å². The Bertz CT molecular complexity index is 341. The number of amides is 1. The fourth-order valence-corrected chi connectivity index (χ4v) is 3.43. The normalized spacial score (nSPS) is 29.3. The molecule has 0 radical (unpaired) electrons. The van der Waals surface area contributed by atoms with E-state index in [0.717, 1.165) is 38.8 Å². The van der Waals surface area contributed by atoms with Gasteiger partial charge in [0.25, 0.3) is 0 Å². The molecule has 1 saturated heterocycles. The Hall–Kier alpha value is -0.830. The van der Waals surface area contributed by atoms with Crippen LogP contribution >= 0.6 is 0 Å². The Labute approximate surface area is 116 Å². The van der Waals surface area contributed by atoms with Crippen molar-refractivity contribution in [3.8, 4) is 0 Å². The van der Waals surface area contributed by atoms with Gasteiger partial charge in [0.05, 0.1) is 0 Å².